The lowest BCUT2D eigenvalue weighted by Crippen LogP contribution is -2.45. The topological polar surface area (TPSA) is 70.6 Å². The van der Waals surface area contributed by atoms with Crippen molar-refractivity contribution in [2.45, 2.75) is 52.2 Å². The zero-order chi connectivity index (χ0) is 15.2. The fraction of sp³-hybridized carbons (Fsp3) is 0.533. The molecule has 1 atom stereocenters. The van der Waals surface area contributed by atoms with Gasteiger partial charge in [-0.25, -0.2) is 10.2 Å². The molecule has 3 N–H and O–H groups in total. The third-order valence-electron chi connectivity index (χ3n) is 2.62. The maximum Gasteiger partial charge on any atom is 0.422 e. The number of aryl methyl sites for hydroxylation is 1. The molecule has 0 aromatic heterocycles. The fourth-order valence-electron chi connectivity index (χ4n) is 1.60. The van der Waals surface area contributed by atoms with Gasteiger partial charge in [-0.15, -0.1) is 0 Å². The summed E-state index contributed by atoms with van der Waals surface area (Å²) in [5, 5.41) is 9.20. The van der Waals surface area contributed by atoms with Crippen LogP contribution >= 0.6 is 0 Å². The maximum atomic E-state index is 11.5. The van der Waals surface area contributed by atoms with Gasteiger partial charge in [0.2, 0.25) is 0 Å². The number of amides is 1. The Morgan fingerprint density at radius 2 is 1.90 bits per heavy atom. The lowest BCUT2D eigenvalue weighted by atomic mass is 10.1. The summed E-state index contributed by atoms with van der Waals surface area (Å²) >= 11 is 0. The van der Waals surface area contributed by atoms with E-state index in [0.717, 1.165) is 18.4 Å². The van der Waals surface area contributed by atoms with Crippen LogP contribution in [0.15, 0.2) is 24.3 Å². The first kappa shape index (κ1) is 16.3. The highest BCUT2D eigenvalue weighted by molar-refractivity contribution is 5.67. The van der Waals surface area contributed by atoms with E-state index in [2.05, 4.69) is 10.9 Å². The molecule has 5 nitrogen and oxygen atoms in total. The molecule has 20 heavy (non-hydrogen) atoms. The number of carbonyl (C=O) groups excluding carboxylic acids is 1. The van der Waals surface area contributed by atoms with E-state index in [4.69, 9.17) is 4.74 Å². The number of hydrogen-bond acceptors (Lipinski definition) is 4. The normalized spacial score (nSPS) is 12.8. The predicted molar refractivity (Wildman–Crippen MR) is 78.4 cm³/mol. The Morgan fingerprint density at radius 3 is 2.45 bits per heavy atom. The van der Waals surface area contributed by atoms with Gasteiger partial charge in [0, 0.05) is 6.04 Å². The Bertz CT molecular complexity index is 424. The highest BCUT2D eigenvalue weighted by atomic mass is 16.6. The number of phenols is 1. The quantitative estimate of drug-likeness (QED) is 0.725. The maximum absolute atomic E-state index is 11.5. The Labute approximate surface area is 120 Å². The van der Waals surface area contributed by atoms with Gasteiger partial charge in [0.05, 0.1) is 0 Å². The number of benzene rings is 1. The number of hydrazine groups is 1. The second-order valence-electron chi connectivity index (χ2n) is 5.88. The molecule has 5 heteroatoms. The summed E-state index contributed by atoms with van der Waals surface area (Å²) in [6.07, 6.45) is 1.25. The minimum atomic E-state index is -0.499. The van der Waals surface area contributed by atoms with E-state index in [1.807, 2.05) is 39.8 Å². The summed E-state index contributed by atoms with van der Waals surface area (Å²) in [4.78, 5) is 11.5. The van der Waals surface area contributed by atoms with E-state index >= 15 is 0 Å². The van der Waals surface area contributed by atoms with Gasteiger partial charge in [0.25, 0.3) is 0 Å². The zero-order valence-electron chi connectivity index (χ0n) is 12.6. The van der Waals surface area contributed by atoms with Crippen molar-refractivity contribution in [3.8, 4) is 5.75 Å². The summed E-state index contributed by atoms with van der Waals surface area (Å²) in [6, 6.07) is 7.25. The van der Waals surface area contributed by atoms with Crippen LogP contribution in [0.4, 0.5) is 4.79 Å². The summed E-state index contributed by atoms with van der Waals surface area (Å²) in [7, 11) is 0. The monoisotopic (exact) mass is 280 g/mol. The molecule has 1 unspecified atom stereocenters. The molecule has 0 spiro atoms. The van der Waals surface area contributed by atoms with E-state index < -0.39 is 11.7 Å². The van der Waals surface area contributed by atoms with Crippen LogP contribution in [0.5, 0.6) is 5.75 Å². The van der Waals surface area contributed by atoms with Crippen molar-refractivity contribution < 1.29 is 14.6 Å². The minimum absolute atomic E-state index is 0.122. The van der Waals surface area contributed by atoms with E-state index in [0.29, 0.717) is 0 Å². The van der Waals surface area contributed by atoms with Crippen molar-refractivity contribution in [3.05, 3.63) is 29.8 Å². The van der Waals surface area contributed by atoms with Gasteiger partial charge >= 0.3 is 6.09 Å². The van der Waals surface area contributed by atoms with Crippen molar-refractivity contribution in [2.24, 2.45) is 0 Å². The lowest BCUT2D eigenvalue weighted by Gasteiger charge is -2.21. The van der Waals surface area contributed by atoms with Crippen molar-refractivity contribution in [1.29, 1.82) is 0 Å². The highest BCUT2D eigenvalue weighted by Gasteiger charge is 2.16. The third kappa shape index (κ3) is 6.99. The number of aromatic hydroxyl groups is 1. The lowest BCUT2D eigenvalue weighted by molar-refractivity contribution is 0.0488. The molecule has 0 saturated carbocycles. The molecule has 0 aliphatic heterocycles. The average Bonchev–Trinajstić information content (AvgIpc) is 2.33. The van der Waals surface area contributed by atoms with Crippen LogP contribution in [0.2, 0.25) is 0 Å². The number of ether oxygens (including phenoxy) is 1. The van der Waals surface area contributed by atoms with Gasteiger partial charge in [0.1, 0.15) is 11.4 Å². The Balaban J connectivity index is 2.25. The largest absolute Gasteiger partial charge is 0.508 e. The van der Waals surface area contributed by atoms with Gasteiger partial charge < -0.3 is 9.84 Å². The van der Waals surface area contributed by atoms with E-state index in [1.54, 1.807) is 12.1 Å². The molecule has 0 saturated heterocycles. The molecule has 0 aliphatic rings. The van der Waals surface area contributed by atoms with E-state index in [1.165, 1.54) is 0 Å². The van der Waals surface area contributed by atoms with Crippen LogP contribution in [0, 0.1) is 0 Å². The first-order chi connectivity index (χ1) is 9.26. The first-order valence-electron chi connectivity index (χ1n) is 6.79. The summed E-state index contributed by atoms with van der Waals surface area (Å²) in [5.41, 5.74) is 6.09. The summed E-state index contributed by atoms with van der Waals surface area (Å²) < 4.78 is 5.12. The molecule has 112 valence electrons. The number of rotatable bonds is 5. The molecule has 0 heterocycles. The molecule has 0 aliphatic carbocycles. The number of nitrogens with one attached hydrogen (secondary N) is 2. The standard InChI is InChI=1S/C15H24N2O3/c1-11(16-17-14(19)20-15(2,3)4)5-6-12-7-9-13(18)10-8-12/h7-11,16,18H,5-6H2,1-4H3,(H,17,19). The van der Waals surface area contributed by atoms with Gasteiger partial charge in [-0.2, -0.15) is 0 Å². The molecule has 0 radical (unpaired) electrons. The Kier molecular flexibility index (Phi) is 5.82. The second kappa shape index (κ2) is 7.14. The minimum Gasteiger partial charge on any atom is -0.508 e. The van der Waals surface area contributed by atoms with Crippen molar-refractivity contribution >= 4 is 6.09 Å². The third-order valence-corrected chi connectivity index (χ3v) is 2.62. The van der Waals surface area contributed by atoms with Crippen molar-refractivity contribution in [1.82, 2.24) is 10.9 Å². The van der Waals surface area contributed by atoms with Gasteiger partial charge in [0.15, 0.2) is 0 Å². The summed E-state index contributed by atoms with van der Waals surface area (Å²) in [6.45, 7) is 7.44. The molecular formula is C15H24N2O3. The molecule has 1 aromatic carbocycles. The van der Waals surface area contributed by atoms with Crippen LogP contribution in [0.25, 0.3) is 0 Å². The highest BCUT2D eigenvalue weighted by Crippen LogP contribution is 2.11. The SMILES string of the molecule is CC(CCc1ccc(O)cc1)NNC(=O)OC(C)(C)C. The van der Waals surface area contributed by atoms with Crippen molar-refractivity contribution in [2.75, 3.05) is 0 Å². The Hall–Kier alpha value is -1.75. The van der Waals surface area contributed by atoms with E-state index in [-0.39, 0.29) is 11.8 Å². The smallest absolute Gasteiger partial charge is 0.422 e. The van der Waals surface area contributed by atoms with Crippen LogP contribution in [0.1, 0.15) is 39.7 Å². The van der Waals surface area contributed by atoms with Crippen LogP contribution in [-0.4, -0.2) is 22.8 Å². The van der Waals surface area contributed by atoms with Gasteiger partial charge in [-0.05, 0) is 58.2 Å². The number of carbonyl (C=O) groups is 1. The van der Waals surface area contributed by atoms with Crippen LogP contribution < -0.4 is 10.9 Å². The van der Waals surface area contributed by atoms with E-state index in [9.17, 15) is 9.90 Å². The molecule has 1 amide bonds. The summed E-state index contributed by atoms with van der Waals surface area (Å²) in [5.74, 6) is 0.270. The number of hydrogen-bond donors (Lipinski definition) is 3. The van der Waals surface area contributed by atoms with Crippen LogP contribution in [0.3, 0.4) is 0 Å². The van der Waals surface area contributed by atoms with Crippen LogP contribution in [-0.2, 0) is 11.2 Å². The van der Waals surface area contributed by atoms with Gasteiger partial charge in [-0.1, -0.05) is 12.1 Å². The average molecular weight is 280 g/mol. The molecule has 0 fully saturated rings. The Morgan fingerprint density at radius 1 is 1.30 bits per heavy atom. The number of phenolic OH excluding ortho intramolecular Hbond substituents is 1. The molecular weight excluding hydrogens is 256 g/mol. The first-order valence-corrected chi connectivity index (χ1v) is 6.79. The molecule has 1 rings (SSSR count). The van der Waals surface area contributed by atoms with Gasteiger partial charge in [-0.3, -0.25) is 5.43 Å². The zero-order valence-corrected chi connectivity index (χ0v) is 12.6. The second-order valence-corrected chi connectivity index (χ2v) is 5.88. The predicted octanol–water partition coefficient (Wildman–Crippen LogP) is 2.74. The molecule has 1 aromatic rings. The molecule has 0 bridgehead atoms. The van der Waals surface area contributed by atoms with Crippen molar-refractivity contribution in [3.63, 3.8) is 0 Å². The fourth-order valence-corrected chi connectivity index (χ4v) is 1.60.